The lowest BCUT2D eigenvalue weighted by Crippen LogP contribution is -2.39. The topological polar surface area (TPSA) is 134 Å². The van der Waals surface area contributed by atoms with Crippen molar-refractivity contribution < 1.29 is 14.3 Å². The summed E-state index contributed by atoms with van der Waals surface area (Å²) in [5.74, 6) is 0.883. The number of anilines is 2. The number of nitrogens with two attached hydrogens (primary N) is 1. The zero-order chi connectivity index (χ0) is 26.4. The molecule has 0 atom stereocenters. The van der Waals surface area contributed by atoms with Gasteiger partial charge in [0.1, 0.15) is 17.6 Å². The summed E-state index contributed by atoms with van der Waals surface area (Å²) in [5, 5.41) is 12.5. The SMILES string of the molecule is CCC(=O)c1ccc(Cc2cc(NC3CCN(c4ccc(C#N)cn4)CC3)c(C(N)=O)cn2)cc1OC. The maximum atomic E-state index is 12.2. The third-order valence-electron chi connectivity index (χ3n) is 6.55. The molecule has 1 amide bonds. The second-order valence-corrected chi connectivity index (χ2v) is 9.00. The Kier molecular flexibility index (Phi) is 7.98. The molecule has 0 aliphatic carbocycles. The number of pyridine rings is 2. The second kappa shape index (κ2) is 11.5. The fraction of sp³-hybridized carbons (Fsp3) is 0.321. The Bertz CT molecular complexity index is 1320. The normalized spacial score (nSPS) is 13.6. The van der Waals surface area contributed by atoms with Crippen LogP contribution in [0.3, 0.4) is 0 Å². The number of amides is 1. The molecule has 3 heterocycles. The summed E-state index contributed by atoms with van der Waals surface area (Å²) in [6, 6.07) is 13.3. The first-order chi connectivity index (χ1) is 17.9. The highest BCUT2D eigenvalue weighted by Gasteiger charge is 2.22. The summed E-state index contributed by atoms with van der Waals surface area (Å²) < 4.78 is 5.44. The van der Waals surface area contributed by atoms with Gasteiger partial charge in [0, 0.05) is 50.1 Å². The molecule has 0 radical (unpaired) electrons. The molecule has 1 aromatic carbocycles. The Morgan fingerprint density at radius 3 is 2.54 bits per heavy atom. The van der Waals surface area contributed by atoms with Crippen molar-refractivity contribution in [1.29, 1.82) is 5.26 Å². The molecule has 9 heteroatoms. The van der Waals surface area contributed by atoms with E-state index in [1.807, 2.05) is 31.2 Å². The van der Waals surface area contributed by atoms with E-state index in [0.29, 0.717) is 41.0 Å². The molecule has 1 fully saturated rings. The molecule has 190 valence electrons. The number of benzene rings is 1. The minimum Gasteiger partial charge on any atom is -0.496 e. The van der Waals surface area contributed by atoms with Gasteiger partial charge in [0.25, 0.3) is 5.91 Å². The van der Waals surface area contributed by atoms with Crippen molar-refractivity contribution in [1.82, 2.24) is 9.97 Å². The molecule has 0 bridgehead atoms. The number of nitrogens with one attached hydrogen (secondary N) is 1. The van der Waals surface area contributed by atoms with E-state index >= 15 is 0 Å². The van der Waals surface area contributed by atoms with Crippen molar-refractivity contribution >= 4 is 23.2 Å². The molecule has 1 aliphatic heterocycles. The molecule has 0 unspecified atom stereocenters. The van der Waals surface area contributed by atoms with Gasteiger partial charge in [-0.05, 0) is 48.7 Å². The van der Waals surface area contributed by atoms with Gasteiger partial charge in [-0.15, -0.1) is 0 Å². The minimum atomic E-state index is -0.537. The van der Waals surface area contributed by atoms with E-state index in [0.717, 1.165) is 43.0 Å². The van der Waals surface area contributed by atoms with Crippen LogP contribution < -0.4 is 20.7 Å². The van der Waals surface area contributed by atoms with Crippen LogP contribution in [0.25, 0.3) is 0 Å². The highest BCUT2D eigenvalue weighted by Crippen LogP contribution is 2.26. The van der Waals surface area contributed by atoms with Crippen LogP contribution in [0, 0.1) is 11.3 Å². The molecule has 4 rings (SSSR count). The van der Waals surface area contributed by atoms with E-state index in [4.69, 9.17) is 15.7 Å². The van der Waals surface area contributed by atoms with Crippen LogP contribution in [0.15, 0.2) is 48.8 Å². The second-order valence-electron chi connectivity index (χ2n) is 9.00. The zero-order valence-electron chi connectivity index (χ0n) is 21.0. The summed E-state index contributed by atoms with van der Waals surface area (Å²) in [4.78, 5) is 35.3. The first-order valence-corrected chi connectivity index (χ1v) is 12.3. The molecule has 0 saturated carbocycles. The lowest BCUT2D eigenvalue weighted by atomic mass is 10.0. The van der Waals surface area contributed by atoms with Crippen LogP contribution in [0.2, 0.25) is 0 Å². The number of carbonyl (C=O) groups excluding carboxylic acids is 2. The lowest BCUT2D eigenvalue weighted by molar-refractivity contribution is 0.0981. The zero-order valence-corrected chi connectivity index (χ0v) is 21.0. The van der Waals surface area contributed by atoms with E-state index in [2.05, 4.69) is 26.3 Å². The van der Waals surface area contributed by atoms with Crippen molar-refractivity contribution in [2.45, 2.75) is 38.6 Å². The monoisotopic (exact) mass is 498 g/mol. The molecule has 1 aliphatic rings. The molecule has 37 heavy (non-hydrogen) atoms. The summed E-state index contributed by atoms with van der Waals surface area (Å²) in [6.07, 6.45) is 5.71. The Morgan fingerprint density at radius 2 is 1.92 bits per heavy atom. The van der Waals surface area contributed by atoms with E-state index in [9.17, 15) is 9.59 Å². The number of aromatic nitrogens is 2. The van der Waals surface area contributed by atoms with Gasteiger partial charge in [-0.1, -0.05) is 13.0 Å². The number of hydrogen-bond donors (Lipinski definition) is 2. The third kappa shape index (κ3) is 6.04. The quantitative estimate of drug-likeness (QED) is 0.426. The summed E-state index contributed by atoms with van der Waals surface area (Å²) >= 11 is 0. The van der Waals surface area contributed by atoms with Crippen LogP contribution in [0.1, 0.15) is 63.7 Å². The van der Waals surface area contributed by atoms with Gasteiger partial charge in [0.15, 0.2) is 5.78 Å². The number of methoxy groups -OCH3 is 1. The van der Waals surface area contributed by atoms with Crippen LogP contribution in [0.5, 0.6) is 5.75 Å². The first kappa shape index (κ1) is 25.6. The molecular formula is C28H30N6O3. The number of carbonyl (C=O) groups is 2. The average Bonchev–Trinajstić information content (AvgIpc) is 2.93. The van der Waals surface area contributed by atoms with Crippen molar-refractivity contribution in [2.75, 3.05) is 30.4 Å². The number of nitriles is 1. The van der Waals surface area contributed by atoms with Gasteiger partial charge in [0.05, 0.1) is 29.5 Å². The standard InChI is InChI=1S/C28H30N6O3/c1-3-25(35)22-6-4-18(13-26(22)37-2)12-21-14-24(23(17-31-21)28(30)36)33-20-8-10-34(11-9-20)27-7-5-19(15-29)16-32-27/h4-7,13-14,16-17,20H,3,8-12H2,1-2H3,(H2,30,36)(H,31,33). The number of primary amides is 1. The fourth-order valence-corrected chi connectivity index (χ4v) is 4.50. The van der Waals surface area contributed by atoms with E-state index < -0.39 is 5.91 Å². The maximum Gasteiger partial charge on any atom is 0.252 e. The third-order valence-corrected chi connectivity index (χ3v) is 6.55. The lowest BCUT2D eigenvalue weighted by Gasteiger charge is -2.34. The molecular weight excluding hydrogens is 468 g/mol. The van der Waals surface area contributed by atoms with Crippen LogP contribution >= 0.6 is 0 Å². The summed E-state index contributed by atoms with van der Waals surface area (Å²) in [6.45, 7) is 3.41. The summed E-state index contributed by atoms with van der Waals surface area (Å²) in [5.41, 5.74) is 9.46. The average molecular weight is 499 g/mol. The number of ether oxygens (including phenoxy) is 1. The van der Waals surface area contributed by atoms with Crippen LogP contribution in [0.4, 0.5) is 11.5 Å². The number of rotatable bonds is 9. The van der Waals surface area contributed by atoms with E-state index in [1.54, 1.807) is 25.4 Å². The number of Topliss-reactive ketones (excluding diaryl/α,β-unsaturated/α-hetero) is 1. The minimum absolute atomic E-state index is 0.0276. The van der Waals surface area contributed by atoms with Crippen LogP contribution in [-0.4, -0.2) is 47.9 Å². The van der Waals surface area contributed by atoms with Crippen molar-refractivity contribution in [3.63, 3.8) is 0 Å². The Labute approximate surface area is 216 Å². The molecule has 3 N–H and O–H groups in total. The smallest absolute Gasteiger partial charge is 0.252 e. The van der Waals surface area contributed by atoms with Gasteiger partial charge in [-0.2, -0.15) is 5.26 Å². The number of hydrogen-bond acceptors (Lipinski definition) is 8. The molecule has 2 aromatic heterocycles. The van der Waals surface area contributed by atoms with Gasteiger partial charge in [-0.3, -0.25) is 14.6 Å². The van der Waals surface area contributed by atoms with Gasteiger partial charge in [0.2, 0.25) is 0 Å². The molecule has 0 spiro atoms. The van der Waals surface area contributed by atoms with Crippen molar-refractivity contribution in [3.05, 3.63) is 76.7 Å². The number of piperidine rings is 1. The summed E-state index contributed by atoms with van der Waals surface area (Å²) in [7, 11) is 1.55. The van der Waals surface area contributed by atoms with Gasteiger partial charge < -0.3 is 20.7 Å². The number of ketones is 1. The Morgan fingerprint density at radius 1 is 1.14 bits per heavy atom. The largest absolute Gasteiger partial charge is 0.496 e. The van der Waals surface area contributed by atoms with Crippen molar-refractivity contribution in [2.24, 2.45) is 5.73 Å². The van der Waals surface area contributed by atoms with Gasteiger partial charge in [-0.25, -0.2) is 4.98 Å². The molecule has 3 aromatic rings. The first-order valence-electron chi connectivity index (χ1n) is 12.3. The van der Waals surface area contributed by atoms with Crippen molar-refractivity contribution in [3.8, 4) is 11.8 Å². The molecule has 1 saturated heterocycles. The Hall–Kier alpha value is -4.45. The predicted molar refractivity (Wildman–Crippen MR) is 141 cm³/mol. The van der Waals surface area contributed by atoms with Gasteiger partial charge >= 0.3 is 0 Å². The highest BCUT2D eigenvalue weighted by molar-refractivity contribution is 5.99. The Balaban J connectivity index is 1.47. The fourth-order valence-electron chi connectivity index (χ4n) is 4.50. The van der Waals surface area contributed by atoms with E-state index in [1.165, 1.54) is 6.20 Å². The molecule has 9 nitrogen and oxygen atoms in total. The predicted octanol–water partition coefficient (Wildman–Crippen LogP) is 3.72. The maximum absolute atomic E-state index is 12.2. The number of nitrogens with zero attached hydrogens (tertiary/aromatic N) is 4. The van der Waals surface area contributed by atoms with Crippen LogP contribution in [-0.2, 0) is 6.42 Å². The van der Waals surface area contributed by atoms with E-state index in [-0.39, 0.29) is 11.8 Å². The highest BCUT2D eigenvalue weighted by atomic mass is 16.5.